The molecule has 1 aromatic heterocycles. The smallest absolute Gasteiger partial charge is 0.209 e. The van der Waals surface area contributed by atoms with Gasteiger partial charge in [-0.3, -0.25) is 4.98 Å². The van der Waals surface area contributed by atoms with Gasteiger partial charge in [-0.25, -0.2) is 17.5 Å². The van der Waals surface area contributed by atoms with Gasteiger partial charge in [0.05, 0.1) is 34.1 Å². The number of benzene rings is 3. The predicted molar refractivity (Wildman–Crippen MR) is 144 cm³/mol. The SMILES string of the molecule is CC(Nc1c(Cl)cnc2ccc(-c3ccc(C4(NS(C)(=O)=O)CCC4)cc3)cc12)c1ccccc1F. The lowest BCUT2D eigenvalue weighted by atomic mass is 9.72. The van der Waals surface area contributed by atoms with Crippen molar-refractivity contribution in [2.24, 2.45) is 0 Å². The van der Waals surface area contributed by atoms with E-state index in [1.54, 1.807) is 18.3 Å². The van der Waals surface area contributed by atoms with E-state index in [4.69, 9.17) is 11.6 Å². The molecule has 8 heteroatoms. The average Bonchev–Trinajstić information content (AvgIpc) is 2.83. The number of hydrogen-bond acceptors (Lipinski definition) is 4. The van der Waals surface area contributed by atoms with Crippen LogP contribution in [-0.4, -0.2) is 19.7 Å². The van der Waals surface area contributed by atoms with Crippen LogP contribution in [-0.2, 0) is 15.6 Å². The van der Waals surface area contributed by atoms with E-state index in [1.807, 2.05) is 55.5 Å². The van der Waals surface area contributed by atoms with Gasteiger partial charge in [-0.1, -0.05) is 60.1 Å². The lowest BCUT2D eigenvalue weighted by Gasteiger charge is -2.42. The molecule has 1 heterocycles. The largest absolute Gasteiger partial charge is 0.377 e. The van der Waals surface area contributed by atoms with Crippen LogP contribution in [0.15, 0.2) is 72.9 Å². The fourth-order valence-corrected chi connectivity index (χ4v) is 6.17. The van der Waals surface area contributed by atoms with Gasteiger partial charge in [0.2, 0.25) is 10.0 Å². The van der Waals surface area contributed by atoms with Gasteiger partial charge >= 0.3 is 0 Å². The van der Waals surface area contributed by atoms with Crippen LogP contribution in [0.3, 0.4) is 0 Å². The van der Waals surface area contributed by atoms with Gasteiger partial charge < -0.3 is 5.32 Å². The summed E-state index contributed by atoms with van der Waals surface area (Å²) in [7, 11) is -3.32. The first-order valence-electron chi connectivity index (χ1n) is 11.8. The molecular weight excluding hydrogens is 497 g/mol. The third-order valence-electron chi connectivity index (χ3n) is 6.91. The topological polar surface area (TPSA) is 71.1 Å². The van der Waals surface area contributed by atoms with Crippen molar-refractivity contribution < 1.29 is 12.8 Å². The minimum absolute atomic E-state index is 0.276. The Morgan fingerprint density at radius 3 is 2.36 bits per heavy atom. The highest BCUT2D eigenvalue weighted by atomic mass is 35.5. The van der Waals surface area contributed by atoms with Crippen LogP contribution < -0.4 is 10.0 Å². The number of pyridine rings is 1. The van der Waals surface area contributed by atoms with Crippen molar-refractivity contribution in [1.29, 1.82) is 0 Å². The van der Waals surface area contributed by atoms with Gasteiger partial charge in [-0.05, 0) is 61.1 Å². The molecule has 5 nitrogen and oxygen atoms in total. The summed E-state index contributed by atoms with van der Waals surface area (Å²) >= 11 is 6.54. The van der Waals surface area contributed by atoms with E-state index in [0.717, 1.165) is 46.9 Å². The summed E-state index contributed by atoms with van der Waals surface area (Å²) in [6.07, 6.45) is 5.36. The number of sulfonamides is 1. The maximum atomic E-state index is 14.4. The Bertz CT molecular complexity index is 1540. The van der Waals surface area contributed by atoms with Gasteiger partial charge in [0, 0.05) is 17.1 Å². The van der Waals surface area contributed by atoms with E-state index >= 15 is 0 Å². The van der Waals surface area contributed by atoms with Gasteiger partial charge in [0.25, 0.3) is 0 Å². The fourth-order valence-electron chi connectivity index (χ4n) is 4.93. The lowest BCUT2D eigenvalue weighted by molar-refractivity contribution is 0.225. The average molecular weight is 524 g/mol. The quantitative estimate of drug-likeness (QED) is 0.279. The van der Waals surface area contributed by atoms with Crippen molar-refractivity contribution in [3.05, 3.63) is 94.9 Å². The molecule has 36 heavy (non-hydrogen) atoms. The molecule has 0 spiro atoms. The molecule has 0 aliphatic heterocycles. The minimum Gasteiger partial charge on any atom is -0.377 e. The summed E-state index contributed by atoms with van der Waals surface area (Å²) < 4.78 is 41.0. The van der Waals surface area contributed by atoms with E-state index in [9.17, 15) is 12.8 Å². The maximum absolute atomic E-state index is 14.4. The molecule has 3 aromatic carbocycles. The molecule has 1 atom stereocenters. The van der Waals surface area contributed by atoms with E-state index in [2.05, 4.69) is 15.0 Å². The van der Waals surface area contributed by atoms with Gasteiger partial charge in [0.1, 0.15) is 5.82 Å². The Balaban J connectivity index is 1.49. The molecule has 5 rings (SSSR count). The van der Waals surface area contributed by atoms with E-state index in [1.165, 1.54) is 12.3 Å². The molecule has 0 bridgehead atoms. The summed E-state index contributed by atoms with van der Waals surface area (Å²) in [5.74, 6) is -0.276. The predicted octanol–water partition coefficient (Wildman–Crippen LogP) is 6.80. The Labute approximate surface area is 215 Å². The molecule has 2 N–H and O–H groups in total. The molecular formula is C28H27ClFN3O2S. The highest BCUT2D eigenvalue weighted by Crippen LogP contribution is 2.42. The van der Waals surface area contributed by atoms with Crippen LogP contribution in [0.25, 0.3) is 22.0 Å². The number of aromatic nitrogens is 1. The van der Waals surface area contributed by atoms with Gasteiger partial charge in [0.15, 0.2) is 0 Å². The van der Waals surface area contributed by atoms with E-state index in [-0.39, 0.29) is 11.9 Å². The molecule has 0 radical (unpaired) electrons. The van der Waals surface area contributed by atoms with E-state index < -0.39 is 15.6 Å². The van der Waals surface area contributed by atoms with Crippen molar-refractivity contribution in [1.82, 2.24) is 9.71 Å². The molecule has 4 aromatic rings. The van der Waals surface area contributed by atoms with Crippen LogP contribution in [0.1, 0.15) is 43.4 Å². The summed E-state index contributed by atoms with van der Waals surface area (Å²) in [4.78, 5) is 4.46. The normalized spacial score (nSPS) is 15.9. The zero-order chi connectivity index (χ0) is 25.5. The molecule has 1 aliphatic carbocycles. The Kier molecular flexibility index (Phi) is 6.49. The summed E-state index contributed by atoms with van der Waals surface area (Å²) in [6, 6.07) is 20.3. The number of anilines is 1. The van der Waals surface area contributed by atoms with Crippen LogP contribution in [0, 0.1) is 5.82 Å². The second-order valence-electron chi connectivity index (χ2n) is 9.49. The highest BCUT2D eigenvalue weighted by Gasteiger charge is 2.40. The Hall–Kier alpha value is -3.00. The summed E-state index contributed by atoms with van der Waals surface area (Å²) in [5.41, 5.74) is 4.43. The van der Waals surface area contributed by atoms with E-state index in [0.29, 0.717) is 16.3 Å². The van der Waals surface area contributed by atoms with Crippen molar-refractivity contribution in [3.63, 3.8) is 0 Å². The molecule has 186 valence electrons. The third-order valence-corrected chi connectivity index (χ3v) is 7.96. The Morgan fingerprint density at radius 2 is 1.72 bits per heavy atom. The zero-order valence-corrected chi connectivity index (χ0v) is 21.6. The minimum atomic E-state index is -3.32. The lowest BCUT2D eigenvalue weighted by Crippen LogP contribution is -2.50. The fraction of sp³-hybridized carbons (Fsp3) is 0.250. The number of nitrogens with zero attached hydrogens (tertiary/aromatic N) is 1. The first kappa shape index (κ1) is 24.7. The zero-order valence-electron chi connectivity index (χ0n) is 20.1. The number of halogens is 2. The molecule has 1 unspecified atom stereocenters. The van der Waals surface area contributed by atoms with Crippen LogP contribution in [0.2, 0.25) is 5.02 Å². The number of hydrogen-bond donors (Lipinski definition) is 2. The first-order valence-corrected chi connectivity index (χ1v) is 14.1. The van der Waals surface area contributed by atoms with Crippen molar-refractivity contribution in [2.45, 2.75) is 37.8 Å². The molecule has 0 saturated heterocycles. The number of nitrogens with one attached hydrogen (secondary N) is 2. The molecule has 1 fully saturated rings. The molecule has 1 aliphatic rings. The maximum Gasteiger partial charge on any atom is 0.209 e. The third kappa shape index (κ3) is 4.83. The van der Waals surface area contributed by atoms with Crippen molar-refractivity contribution in [3.8, 4) is 11.1 Å². The van der Waals surface area contributed by atoms with Gasteiger partial charge in [-0.2, -0.15) is 0 Å². The van der Waals surface area contributed by atoms with Crippen molar-refractivity contribution in [2.75, 3.05) is 11.6 Å². The van der Waals surface area contributed by atoms with Crippen LogP contribution in [0.5, 0.6) is 0 Å². The monoisotopic (exact) mass is 523 g/mol. The summed E-state index contributed by atoms with van der Waals surface area (Å²) in [6.45, 7) is 1.89. The second kappa shape index (κ2) is 9.47. The first-order chi connectivity index (χ1) is 17.2. The molecule has 1 saturated carbocycles. The van der Waals surface area contributed by atoms with Crippen molar-refractivity contribution >= 4 is 38.2 Å². The van der Waals surface area contributed by atoms with Crippen LogP contribution >= 0.6 is 11.6 Å². The van der Waals surface area contributed by atoms with Gasteiger partial charge in [-0.15, -0.1) is 0 Å². The highest BCUT2D eigenvalue weighted by molar-refractivity contribution is 7.88. The number of rotatable bonds is 7. The summed E-state index contributed by atoms with van der Waals surface area (Å²) in [5, 5.41) is 4.67. The second-order valence-corrected chi connectivity index (χ2v) is 11.6. The van der Waals surface area contributed by atoms with Crippen LogP contribution in [0.4, 0.5) is 10.1 Å². The standard InChI is InChI=1S/C28H27ClFN3O2S/c1-18(22-6-3-4-7-25(22)30)32-27-23-16-20(10-13-26(23)31-17-24(27)29)19-8-11-21(12-9-19)28(14-5-15-28)33-36(2,34)35/h3-4,6-13,16-18,33H,5,14-15H2,1-2H3,(H,31,32). The molecule has 0 amide bonds. The number of fused-ring (bicyclic) bond motifs is 1. The Morgan fingerprint density at radius 1 is 1.03 bits per heavy atom.